The summed E-state index contributed by atoms with van der Waals surface area (Å²) in [5.74, 6) is 0. The fourth-order valence-electron chi connectivity index (χ4n) is 2.84. The van der Waals surface area contributed by atoms with Gasteiger partial charge < -0.3 is 5.32 Å². The number of nitrogens with zero attached hydrogens (tertiary/aromatic N) is 1. The lowest BCUT2D eigenvalue weighted by Gasteiger charge is -2.30. The molecule has 0 unspecified atom stereocenters. The number of hydrazine groups is 1. The van der Waals surface area contributed by atoms with E-state index in [2.05, 4.69) is 41.9 Å². The molecule has 1 saturated heterocycles. The molecule has 23 heavy (non-hydrogen) atoms. The van der Waals surface area contributed by atoms with Gasteiger partial charge in [-0.1, -0.05) is 55.3 Å². The molecule has 1 heterocycles. The van der Waals surface area contributed by atoms with Crippen LogP contribution in [0.4, 0.5) is 5.69 Å². The first kappa shape index (κ1) is 16.2. The van der Waals surface area contributed by atoms with Gasteiger partial charge in [-0.15, -0.1) is 0 Å². The first-order valence-corrected chi connectivity index (χ1v) is 8.64. The fraction of sp³-hybridized carbons (Fsp3) is 0.278. The van der Waals surface area contributed by atoms with Gasteiger partial charge in [-0.2, -0.15) is 5.43 Å². The molecule has 2 aromatic carbocycles. The van der Waals surface area contributed by atoms with Crippen LogP contribution in [0.1, 0.15) is 31.7 Å². The highest BCUT2D eigenvalue weighted by Gasteiger charge is 2.41. The quantitative estimate of drug-likeness (QED) is 0.775. The zero-order valence-electron chi connectivity index (χ0n) is 13.1. The number of unbranched alkanes of at least 4 members (excludes halogenated alkanes) is 1. The Morgan fingerprint density at radius 3 is 2.43 bits per heavy atom. The Morgan fingerprint density at radius 1 is 1.09 bits per heavy atom. The summed E-state index contributed by atoms with van der Waals surface area (Å²) in [4.78, 5) is 0. The Balaban J connectivity index is 1.93. The average molecular weight is 346 g/mol. The molecule has 1 aliphatic rings. The van der Waals surface area contributed by atoms with Crippen molar-refractivity contribution in [3.63, 3.8) is 0 Å². The van der Waals surface area contributed by atoms with E-state index in [0.29, 0.717) is 10.1 Å². The number of hydrogen-bond acceptors (Lipinski definition) is 2. The molecule has 0 radical (unpaired) electrons. The normalized spacial score (nSPS) is 20.6. The molecule has 1 aliphatic heterocycles. The van der Waals surface area contributed by atoms with Crippen molar-refractivity contribution in [1.82, 2.24) is 10.7 Å². The molecule has 3 rings (SSSR count). The van der Waals surface area contributed by atoms with Gasteiger partial charge in [0.1, 0.15) is 5.66 Å². The lowest BCUT2D eigenvalue weighted by molar-refractivity contribution is 0.313. The van der Waals surface area contributed by atoms with E-state index in [-0.39, 0.29) is 5.66 Å². The topological polar surface area (TPSA) is 27.3 Å². The van der Waals surface area contributed by atoms with E-state index in [1.807, 2.05) is 35.3 Å². The third-order valence-corrected chi connectivity index (χ3v) is 4.62. The molecule has 2 N–H and O–H groups in total. The number of benzene rings is 2. The first-order chi connectivity index (χ1) is 11.1. The molecule has 5 heteroatoms. The molecular formula is C18H20ClN3S. The number of rotatable bonds is 5. The summed E-state index contributed by atoms with van der Waals surface area (Å²) in [6.45, 7) is 2.20. The second-order valence-corrected chi connectivity index (χ2v) is 6.55. The van der Waals surface area contributed by atoms with E-state index >= 15 is 0 Å². The molecular weight excluding hydrogens is 326 g/mol. The van der Waals surface area contributed by atoms with E-state index in [0.717, 1.165) is 24.9 Å². The summed E-state index contributed by atoms with van der Waals surface area (Å²) in [7, 11) is 0. The lowest BCUT2D eigenvalue weighted by Crippen LogP contribution is -2.48. The number of halogens is 1. The summed E-state index contributed by atoms with van der Waals surface area (Å²) >= 11 is 11.6. The van der Waals surface area contributed by atoms with Crippen LogP contribution >= 0.6 is 23.8 Å². The molecule has 0 aromatic heterocycles. The van der Waals surface area contributed by atoms with Crippen molar-refractivity contribution >= 4 is 34.6 Å². The maximum atomic E-state index is 5.99. The molecule has 1 fully saturated rings. The van der Waals surface area contributed by atoms with Crippen LogP contribution in [0.3, 0.4) is 0 Å². The van der Waals surface area contributed by atoms with E-state index in [1.54, 1.807) is 0 Å². The van der Waals surface area contributed by atoms with E-state index in [4.69, 9.17) is 23.8 Å². The molecule has 1 atom stereocenters. The van der Waals surface area contributed by atoms with Gasteiger partial charge >= 0.3 is 0 Å². The van der Waals surface area contributed by atoms with Crippen LogP contribution in [-0.2, 0) is 5.66 Å². The zero-order valence-corrected chi connectivity index (χ0v) is 14.6. The van der Waals surface area contributed by atoms with Crippen LogP contribution in [0.5, 0.6) is 0 Å². The third kappa shape index (κ3) is 3.34. The Morgan fingerprint density at radius 2 is 1.78 bits per heavy atom. The minimum absolute atomic E-state index is 0.367. The van der Waals surface area contributed by atoms with Crippen molar-refractivity contribution in [3.05, 3.63) is 65.2 Å². The first-order valence-electron chi connectivity index (χ1n) is 7.86. The van der Waals surface area contributed by atoms with Gasteiger partial charge in [0.25, 0.3) is 0 Å². The number of thiocarbonyl (C=S) groups is 1. The van der Waals surface area contributed by atoms with Crippen molar-refractivity contribution in [2.45, 2.75) is 31.8 Å². The largest absolute Gasteiger partial charge is 0.338 e. The van der Waals surface area contributed by atoms with Crippen LogP contribution in [0.15, 0.2) is 54.6 Å². The van der Waals surface area contributed by atoms with Crippen LogP contribution < -0.4 is 15.8 Å². The van der Waals surface area contributed by atoms with Gasteiger partial charge in [-0.25, -0.2) is 5.01 Å². The second-order valence-electron chi connectivity index (χ2n) is 5.73. The molecule has 120 valence electrons. The minimum atomic E-state index is -0.367. The summed E-state index contributed by atoms with van der Waals surface area (Å²) in [6, 6.07) is 18.1. The Kier molecular flexibility index (Phi) is 4.85. The predicted molar refractivity (Wildman–Crippen MR) is 100 cm³/mol. The Labute approximate surface area is 147 Å². The highest BCUT2D eigenvalue weighted by molar-refractivity contribution is 7.80. The van der Waals surface area contributed by atoms with E-state index in [9.17, 15) is 0 Å². The van der Waals surface area contributed by atoms with Gasteiger partial charge in [0.15, 0.2) is 5.11 Å². The van der Waals surface area contributed by atoms with Crippen LogP contribution in [0.2, 0.25) is 5.02 Å². The van der Waals surface area contributed by atoms with E-state index in [1.165, 1.54) is 5.56 Å². The highest BCUT2D eigenvalue weighted by atomic mass is 35.5. The van der Waals surface area contributed by atoms with Gasteiger partial charge in [0, 0.05) is 5.02 Å². The van der Waals surface area contributed by atoms with Crippen molar-refractivity contribution < 1.29 is 0 Å². The van der Waals surface area contributed by atoms with Gasteiger partial charge in [-0.05, 0) is 54.9 Å². The Bertz CT molecular complexity index is 674. The fourth-order valence-corrected chi connectivity index (χ4v) is 3.30. The highest BCUT2D eigenvalue weighted by Crippen LogP contribution is 2.31. The molecule has 0 bridgehead atoms. The number of anilines is 1. The van der Waals surface area contributed by atoms with Crippen molar-refractivity contribution in [2.24, 2.45) is 0 Å². The molecule has 2 aromatic rings. The van der Waals surface area contributed by atoms with Crippen molar-refractivity contribution in [1.29, 1.82) is 0 Å². The monoisotopic (exact) mass is 345 g/mol. The SMILES string of the molecule is CCCC[C@]1(c2ccccc2)NC(=S)N(c2ccc(Cl)cc2)N1. The Hall–Kier alpha value is -1.62. The summed E-state index contributed by atoms with van der Waals surface area (Å²) in [5, 5.41) is 6.81. The van der Waals surface area contributed by atoms with Crippen molar-refractivity contribution in [2.75, 3.05) is 5.01 Å². The van der Waals surface area contributed by atoms with Crippen LogP contribution in [-0.4, -0.2) is 5.11 Å². The van der Waals surface area contributed by atoms with Crippen molar-refractivity contribution in [3.8, 4) is 0 Å². The summed E-state index contributed by atoms with van der Waals surface area (Å²) in [5.41, 5.74) is 5.37. The molecule has 0 amide bonds. The van der Waals surface area contributed by atoms with Gasteiger partial charge in [0.05, 0.1) is 5.69 Å². The summed E-state index contributed by atoms with van der Waals surface area (Å²) in [6.07, 6.45) is 3.19. The predicted octanol–water partition coefficient (Wildman–Crippen LogP) is 4.58. The maximum Gasteiger partial charge on any atom is 0.190 e. The average Bonchev–Trinajstić information content (AvgIpc) is 2.92. The number of hydrogen-bond donors (Lipinski definition) is 2. The van der Waals surface area contributed by atoms with Crippen LogP contribution in [0.25, 0.3) is 0 Å². The smallest absolute Gasteiger partial charge is 0.190 e. The lowest BCUT2D eigenvalue weighted by atomic mass is 9.94. The third-order valence-electron chi connectivity index (χ3n) is 4.08. The van der Waals surface area contributed by atoms with Gasteiger partial charge in [-0.3, -0.25) is 0 Å². The number of nitrogens with one attached hydrogen (secondary N) is 2. The maximum absolute atomic E-state index is 5.99. The van der Waals surface area contributed by atoms with E-state index < -0.39 is 0 Å². The second kappa shape index (κ2) is 6.87. The summed E-state index contributed by atoms with van der Waals surface area (Å²) < 4.78 is 0. The molecule has 0 spiro atoms. The zero-order chi connectivity index (χ0) is 16.3. The van der Waals surface area contributed by atoms with Crippen LogP contribution in [0, 0.1) is 0 Å². The molecule has 3 nitrogen and oxygen atoms in total. The minimum Gasteiger partial charge on any atom is -0.338 e. The molecule has 0 aliphatic carbocycles. The van der Waals surface area contributed by atoms with Gasteiger partial charge in [0.2, 0.25) is 0 Å². The standard InChI is InChI=1S/C18H20ClN3S/c1-2-3-13-18(14-7-5-4-6-8-14)20-17(23)22(21-18)16-11-9-15(19)10-12-16/h4-12,21H,2-3,13H2,1H3,(H,20,23)/t18-/m0/s1. The molecule has 0 saturated carbocycles.